The molecule has 4 N–H and O–H groups in total. The second-order valence-electron chi connectivity index (χ2n) is 2.57. The number of hydrogen-bond donors (Lipinski definition) is 4. The first-order valence-electron chi connectivity index (χ1n) is 3.44. The normalized spacial score (nSPS) is 34.9. The van der Waals surface area contributed by atoms with E-state index < -0.39 is 24.4 Å². The average molecular weight is 164 g/mol. The van der Waals surface area contributed by atoms with Crippen molar-refractivity contribution in [1.29, 1.82) is 0 Å². The number of epoxide rings is 1. The molecule has 1 aliphatic rings. The van der Waals surface area contributed by atoms with Gasteiger partial charge in [-0.3, -0.25) is 0 Å². The maximum absolute atomic E-state index is 8.94. The number of aliphatic hydroxyl groups excluding tert-OH is 4. The van der Waals surface area contributed by atoms with Crippen LogP contribution in [0.25, 0.3) is 0 Å². The largest absolute Gasteiger partial charge is 0.394 e. The number of hydrogen-bond acceptors (Lipinski definition) is 5. The molecule has 0 aromatic rings. The third kappa shape index (κ3) is 1.88. The minimum Gasteiger partial charge on any atom is -0.394 e. The van der Waals surface area contributed by atoms with Crippen molar-refractivity contribution in [3.63, 3.8) is 0 Å². The van der Waals surface area contributed by atoms with Gasteiger partial charge in [0.2, 0.25) is 0 Å². The van der Waals surface area contributed by atoms with Gasteiger partial charge in [0, 0.05) is 0 Å². The molecule has 5 nitrogen and oxygen atoms in total. The zero-order valence-electron chi connectivity index (χ0n) is 5.92. The van der Waals surface area contributed by atoms with Crippen LogP contribution in [0.1, 0.15) is 0 Å². The van der Waals surface area contributed by atoms with Gasteiger partial charge < -0.3 is 25.2 Å². The van der Waals surface area contributed by atoms with Gasteiger partial charge in [-0.05, 0) is 0 Å². The first-order valence-corrected chi connectivity index (χ1v) is 3.44. The highest BCUT2D eigenvalue weighted by molar-refractivity contribution is 4.94. The lowest BCUT2D eigenvalue weighted by Crippen LogP contribution is -2.28. The minimum atomic E-state index is -0.957. The molecule has 0 aliphatic carbocycles. The fourth-order valence-corrected chi connectivity index (χ4v) is 0.963. The highest BCUT2D eigenvalue weighted by Gasteiger charge is 2.48. The van der Waals surface area contributed by atoms with E-state index in [1.165, 1.54) is 0 Å². The molecular weight excluding hydrogens is 152 g/mol. The second kappa shape index (κ2) is 3.46. The number of ether oxygens (including phenoxy) is 1. The molecule has 4 unspecified atom stereocenters. The fourth-order valence-electron chi connectivity index (χ4n) is 0.963. The Morgan fingerprint density at radius 1 is 1.00 bits per heavy atom. The summed E-state index contributed by atoms with van der Waals surface area (Å²) in [5, 5.41) is 34.8. The summed E-state index contributed by atoms with van der Waals surface area (Å²) in [6.45, 7) is -0.779. The van der Waals surface area contributed by atoms with Crippen LogP contribution in [-0.4, -0.2) is 58.1 Å². The lowest BCUT2D eigenvalue weighted by atomic mass is 10.1. The number of aliphatic hydroxyl groups is 4. The van der Waals surface area contributed by atoms with Crippen molar-refractivity contribution in [2.45, 2.75) is 24.4 Å². The molecule has 0 saturated carbocycles. The summed E-state index contributed by atoms with van der Waals surface area (Å²) in [4.78, 5) is 0. The van der Waals surface area contributed by atoms with Crippen LogP contribution in [0.3, 0.4) is 0 Å². The van der Waals surface area contributed by atoms with E-state index in [4.69, 9.17) is 25.2 Å². The van der Waals surface area contributed by atoms with E-state index in [-0.39, 0.29) is 13.2 Å². The predicted molar refractivity (Wildman–Crippen MR) is 34.8 cm³/mol. The van der Waals surface area contributed by atoms with E-state index in [2.05, 4.69) is 0 Å². The molecule has 1 fully saturated rings. The Bertz CT molecular complexity index is 114. The van der Waals surface area contributed by atoms with Crippen molar-refractivity contribution in [1.82, 2.24) is 0 Å². The van der Waals surface area contributed by atoms with Crippen LogP contribution < -0.4 is 0 Å². The SMILES string of the molecule is OCC(O)C1OC1C(O)CO. The van der Waals surface area contributed by atoms with Crippen molar-refractivity contribution in [3.8, 4) is 0 Å². The predicted octanol–water partition coefficient (Wildman–Crippen LogP) is -2.54. The fraction of sp³-hybridized carbons (Fsp3) is 1.00. The van der Waals surface area contributed by atoms with E-state index in [1.54, 1.807) is 0 Å². The quantitative estimate of drug-likeness (QED) is 0.343. The lowest BCUT2D eigenvalue weighted by Gasteiger charge is -2.04. The van der Waals surface area contributed by atoms with Crippen LogP contribution in [0.5, 0.6) is 0 Å². The number of rotatable bonds is 4. The van der Waals surface area contributed by atoms with E-state index in [1.807, 2.05) is 0 Å². The molecule has 1 rings (SSSR count). The molecule has 1 heterocycles. The molecule has 0 radical (unpaired) electrons. The van der Waals surface area contributed by atoms with Crippen molar-refractivity contribution in [3.05, 3.63) is 0 Å². The highest BCUT2D eigenvalue weighted by atomic mass is 16.6. The zero-order chi connectivity index (χ0) is 8.43. The van der Waals surface area contributed by atoms with Crippen LogP contribution in [0.4, 0.5) is 0 Å². The van der Waals surface area contributed by atoms with Gasteiger partial charge in [-0.1, -0.05) is 0 Å². The Labute approximate surface area is 63.8 Å². The van der Waals surface area contributed by atoms with Gasteiger partial charge in [-0.2, -0.15) is 0 Å². The third-order valence-electron chi connectivity index (χ3n) is 1.69. The van der Waals surface area contributed by atoms with Crippen LogP contribution in [0.2, 0.25) is 0 Å². The molecule has 0 aromatic heterocycles. The molecular formula is C6H12O5. The molecule has 0 bridgehead atoms. The summed E-state index contributed by atoms with van der Waals surface area (Å²) >= 11 is 0. The Kier molecular flexibility index (Phi) is 2.80. The molecule has 4 atom stereocenters. The second-order valence-corrected chi connectivity index (χ2v) is 2.57. The monoisotopic (exact) mass is 164 g/mol. The average Bonchev–Trinajstić information content (AvgIpc) is 2.80. The molecule has 0 amide bonds. The van der Waals surface area contributed by atoms with E-state index in [9.17, 15) is 0 Å². The molecule has 1 saturated heterocycles. The zero-order valence-corrected chi connectivity index (χ0v) is 5.92. The molecule has 66 valence electrons. The van der Waals surface area contributed by atoms with Crippen molar-refractivity contribution in [2.75, 3.05) is 13.2 Å². The van der Waals surface area contributed by atoms with E-state index >= 15 is 0 Å². The summed E-state index contributed by atoms with van der Waals surface area (Å²) in [6, 6.07) is 0. The molecule has 5 heteroatoms. The summed E-state index contributed by atoms with van der Waals surface area (Å²) in [5.41, 5.74) is 0. The Morgan fingerprint density at radius 2 is 1.36 bits per heavy atom. The van der Waals surface area contributed by atoms with E-state index in [0.717, 1.165) is 0 Å². The molecule has 1 aliphatic heterocycles. The Hall–Kier alpha value is -0.200. The van der Waals surface area contributed by atoms with Gasteiger partial charge >= 0.3 is 0 Å². The highest BCUT2D eigenvalue weighted by Crippen LogP contribution is 2.28. The Morgan fingerprint density at radius 3 is 1.64 bits per heavy atom. The summed E-state index contributed by atoms with van der Waals surface area (Å²) in [5.74, 6) is 0. The van der Waals surface area contributed by atoms with Crippen LogP contribution >= 0.6 is 0 Å². The van der Waals surface area contributed by atoms with Gasteiger partial charge in [0.15, 0.2) is 0 Å². The van der Waals surface area contributed by atoms with Crippen molar-refractivity contribution in [2.24, 2.45) is 0 Å². The maximum Gasteiger partial charge on any atom is 0.115 e. The van der Waals surface area contributed by atoms with Crippen LogP contribution in [0, 0.1) is 0 Å². The first kappa shape index (κ1) is 8.89. The minimum absolute atomic E-state index is 0.390. The van der Waals surface area contributed by atoms with Gasteiger partial charge in [0.1, 0.15) is 24.4 Å². The molecule has 11 heavy (non-hydrogen) atoms. The topological polar surface area (TPSA) is 93.5 Å². The Balaban J connectivity index is 2.25. The summed E-state index contributed by atoms with van der Waals surface area (Å²) in [7, 11) is 0. The lowest BCUT2D eigenvalue weighted by molar-refractivity contribution is 0.0695. The molecule has 0 spiro atoms. The third-order valence-corrected chi connectivity index (χ3v) is 1.69. The van der Waals surface area contributed by atoms with Crippen LogP contribution in [0.15, 0.2) is 0 Å². The van der Waals surface area contributed by atoms with Crippen molar-refractivity contribution < 1.29 is 25.2 Å². The van der Waals surface area contributed by atoms with Gasteiger partial charge in [0.25, 0.3) is 0 Å². The summed E-state index contributed by atoms with van der Waals surface area (Å²) < 4.78 is 4.80. The molecule has 0 aromatic carbocycles. The van der Waals surface area contributed by atoms with Gasteiger partial charge in [-0.15, -0.1) is 0 Å². The van der Waals surface area contributed by atoms with Gasteiger partial charge in [-0.25, -0.2) is 0 Å². The van der Waals surface area contributed by atoms with Crippen LogP contribution in [-0.2, 0) is 4.74 Å². The van der Waals surface area contributed by atoms with E-state index in [0.29, 0.717) is 0 Å². The smallest absolute Gasteiger partial charge is 0.115 e. The van der Waals surface area contributed by atoms with Gasteiger partial charge in [0.05, 0.1) is 13.2 Å². The first-order chi connectivity index (χ1) is 5.20. The standard InChI is InChI=1S/C6H12O5/c7-1-3(9)5-6(11-5)4(10)2-8/h3-10H,1-2H2. The summed E-state index contributed by atoms with van der Waals surface area (Å²) in [6.07, 6.45) is -2.97. The van der Waals surface area contributed by atoms with Crippen molar-refractivity contribution >= 4 is 0 Å². The maximum atomic E-state index is 8.94.